The zero-order valence-electron chi connectivity index (χ0n) is 13.3. The zero-order chi connectivity index (χ0) is 16.9. The third kappa shape index (κ3) is 4.41. The van der Waals surface area contributed by atoms with Gasteiger partial charge in [0.05, 0.1) is 0 Å². The first-order chi connectivity index (χ1) is 11.6. The molecule has 0 amide bonds. The van der Waals surface area contributed by atoms with E-state index in [1.54, 1.807) is 6.07 Å². The number of piperidine rings is 1. The van der Waals surface area contributed by atoms with Crippen LogP contribution in [0.3, 0.4) is 0 Å². The van der Waals surface area contributed by atoms with Gasteiger partial charge in [0.15, 0.2) is 0 Å². The molecule has 0 bridgehead atoms. The van der Waals surface area contributed by atoms with Gasteiger partial charge < -0.3 is 9.64 Å². The molecule has 1 saturated heterocycles. The van der Waals surface area contributed by atoms with E-state index in [0.717, 1.165) is 35.0 Å². The zero-order valence-corrected chi connectivity index (χ0v) is 15.6. The van der Waals surface area contributed by atoms with E-state index in [-0.39, 0.29) is 0 Å². The molecule has 0 spiro atoms. The van der Waals surface area contributed by atoms with E-state index in [9.17, 15) is 0 Å². The van der Waals surface area contributed by atoms with Crippen molar-refractivity contribution in [3.05, 3.63) is 63.6 Å². The molecular formula is C19H19Cl2NOS. The van der Waals surface area contributed by atoms with Crippen LogP contribution in [0.1, 0.15) is 30.4 Å². The van der Waals surface area contributed by atoms with Crippen molar-refractivity contribution in [2.75, 3.05) is 13.1 Å². The standard InChI is InChI=1S/C19H19Cl2NOS/c20-16-7-4-15(18(21)12-16)13-23-17-8-5-14(6-9-17)19(24)22-10-2-1-3-11-22/h4-9,12H,1-3,10-11,13H2. The quantitative estimate of drug-likeness (QED) is 0.628. The summed E-state index contributed by atoms with van der Waals surface area (Å²) in [6, 6.07) is 13.4. The summed E-state index contributed by atoms with van der Waals surface area (Å²) in [5.41, 5.74) is 1.98. The minimum atomic E-state index is 0.409. The lowest BCUT2D eigenvalue weighted by Crippen LogP contribution is -2.34. The fourth-order valence-corrected chi connectivity index (χ4v) is 3.55. The first-order valence-corrected chi connectivity index (χ1v) is 9.26. The molecule has 126 valence electrons. The van der Waals surface area contributed by atoms with Crippen LogP contribution in [-0.2, 0) is 6.61 Å². The SMILES string of the molecule is S=C(c1ccc(OCc2ccc(Cl)cc2Cl)cc1)N1CCCCC1. The molecule has 2 aromatic carbocycles. The van der Waals surface area contributed by atoms with Crippen molar-refractivity contribution in [1.82, 2.24) is 4.90 Å². The van der Waals surface area contributed by atoms with Gasteiger partial charge in [-0.25, -0.2) is 0 Å². The smallest absolute Gasteiger partial charge is 0.119 e. The number of rotatable bonds is 4. The van der Waals surface area contributed by atoms with Gasteiger partial charge in [-0.1, -0.05) is 41.5 Å². The number of ether oxygens (including phenoxy) is 1. The molecule has 2 aromatic rings. The lowest BCUT2D eigenvalue weighted by Gasteiger charge is -2.29. The number of nitrogens with zero attached hydrogens (tertiary/aromatic N) is 1. The van der Waals surface area contributed by atoms with E-state index in [1.807, 2.05) is 36.4 Å². The van der Waals surface area contributed by atoms with Gasteiger partial charge in [-0.2, -0.15) is 0 Å². The van der Waals surface area contributed by atoms with E-state index in [2.05, 4.69) is 4.90 Å². The molecule has 1 fully saturated rings. The van der Waals surface area contributed by atoms with Gasteiger partial charge in [-0.3, -0.25) is 0 Å². The van der Waals surface area contributed by atoms with Crippen LogP contribution in [0.4, 0.5) is 0 Å². The van der Waals surface area contributed by atoms with Crippen LogP contribution in [0.5, 0.6) is 5.75 Å². The number of halogens is 2. The molecule has 1 aliphatic heterocycles. The van der Waals surface area contributed by atoms with Crippen LogP contribution >= 0.6 is 35.4 Å². The van der Waals surface area contributed by atoms with Crippen molar-refractivity contribution in [3.8, 4) is 5.75 Å². The molecule has 5 heteroatoms. The predicted molar refractivity (Wildman–Crippen MR) is 104 cm³/mol. The van der Waals surface area contributed by atoms with Crippen molar-refractivity contribution in [3.63, 3.8) is 0 Å². The summed E-state index contributed by atoms with van der Waals surface area (Å²) < 4.78 is 5.81. The van der Waals surface area contributed by atoms with Crippen LogP contribution in [0, 0.1) is 0 Å². The molecule has 24 heavy (non-hydrogen) atoms. The molecule has 3 rings (SSSR count). The van der Waals surface area contributed by atoms with Crippen molar-refractivity contribution in [2.45, 2.75) is 25.9 Å². The van der Waals surface area contributed by atoms with Gasteiger partial charge in [0.25, 0.3) is 0 Å². The maximum absolute atomic E-state index is 6.16. The number of hydrogen-bond donors (Lipinski definition) is 0. The molecule has 0 aliphatic carbocycles. The van der Waals surface area contributed by atoms with Gasteiger partial charge >= 0.3 is 0 Å². The second kappa shape index (κ2) is 8.19. The maximum atomic E-state index is 6.16. The first kappa shape index (κ1) is 17.5. The summed E-state index contributed by atoms with van der Waals surface area (Å²) in [7, 11) is 0. The van der Waals surface area contributed by atoms with Crippen LogP contribution in [0.25, 0.3) is 0 Å². The van der Waals surface area contributed by atoms with Crippen LogP contribution in [-0.4, -0.2) is 23.0 Å². The predicted octanol–water partition coefficient (Wildman–Crippen LogP) is 5.73. The minimum absolute atomic E-state index is 0.409. The fraction of sp³-hybridized carbons (Fsp3) is 0.316. The minimum Gasteiger partial charge on any atom is -0.489 e. The Kier molecular flexibility index (Phi) is 5.99. The summed E-state index contributed by atoms with van der Waals surface area (Å²) in [6.07, 6.45) is 3.76. The molecule has 0 aromatic heterocycles. The first-order valence-electron chi connectivity index (χ1n) is 8.09. The van der Waals surface area contributed by atoms with Crippen molar-refractivity contribution >= 4 is 40.4 Å². The third-order valence-corrected chi connectivity index (χ3v) is 5.23. The molecule has 2 nitrogen and oxygen atoms in total. The summed E-state index contributed by atoms with van der Waals surface area (Å²) in [6.45, 7) is 2.53. The van der Waals surface area contributed by atoms with E-state index in [4.69, 9.17) is 40.2 Å². The van der Waals surface area contributed by atoms with Gasteiger partial charge in [0, 0.05) is 34.3 Å². The van der Waals surface area contributed by atoms with Gasteiger partial charge in [-0.15, -0.1) is 0 Å². The Bertz CT molecular complexity index is 712. The number of thiocarbonyl (C=S) groups is 1. The summed E-state index contributed by atoms with van der Waals surface area (Å²) in [5, 5.41) is 1.24. The molecule has 1 aliphatic rings. The summed E-state index contributed by atoms with van der Waals surface area (Å²) in [5.74, 6) is 0.797. The van der Waals surface area contributed by atoms with Crippen molar-refractivity contribution in [1.29, 1.82) is 0 Å². The number of hydrogen-bond acceptors (Lipinski definition) is 2. The molecule has 0 radical (unpaired) electrons. The average Bonchev–Trinajstić information content (AvgIpc) is 2.62. The summed E-state index contributed by atoms with van der Waals surface area (Å²) in [4.78, 5) is 3.23. The Balaban J connectivity index is 1.61. The van der Waals surface area contributed by atoms with E-state index in [1.165, 1.54) is 19.3 Å². The number of likely N-dealkylation sites (tertiary alicyclic amines) is 1. The molecule has 0 saturated carbocycles. The number of benzene rings is 2. The lowest BCUT2D eigenvalue weighted by molar-refractivity contribution is 0.306. The highest BCUT2D eigenvalue weighted by Gasteiger charge is 2.14. The molecule has 0 N–H and O–H groups in total. The van der Waals surface area contributed by atoms with Crippen LogP contribution in [0.2, 0.25) is 10.0 Å². The van der Waals surface area contributed by atoms with E-state index < -0.39 is 0 Å². The Morgan fingerprint density at radius 2 is 1.71 bits per heavy atom. The van der Waals surface area contributed by atoms with Crippen LogP contribution in [0.15, 0.2) is 42.5 Å². The Hall–Kier alpha value is -1.29. The lowest BCUT2D eigenvalue weighted by atomic mass is 10.1. The third-order valence-electron chi connectivity index (χ3n) is 4.15. The second-order valence-electron chi connectivity index (χ2n) is 5.90. The molecular weight excluding hydrogens is 361 g/mol. The summed E-state index contributed by atoms with van der Waals surface area (Å²) >= 11 is 17.7. The average molecular weight is 380 g/mol. The highest BCUT2D eigenvalue weighted by Crippen LogP contribution is 2.23. The van der Waals surface area contributed by atoms with Gasteiger partial charge in [0.2, 0.25) is 0 Å². The van der Waals surface area contributed by atoms with Crippen LogP contribution < -0.4 is 4.74 Å². The topological polar surface area (TPSA) is 12.5 Å². The molecule has 0 unspecified atom stereocenters. The molecule has 1 heterocycles. The molecule has 0 atom stereocenters. The Morgan fingerprint density at radius 1 is 1.00 bits per heavy atom. The van der Waals surface area contributed by atoms with Crippen molar-refractivity contribution < 1.29 is 4.74 Å². The van der Waals surface area contributed by atoms with E-state index in [0.29, 0.717) is 16.7 Å². The monoisotopic (exact) mass is 379 g/mol. The second-order valence-corrected chi connectivity index (χ2v) is 7.13. The normalized spacial score (nSPS) is 14.5. The maximum Gasteiger partial charge on any atom is 0.119 e. The Labute approximate surface area is 158 Å². The fourth-order valence-electron chi connectivity index (χ4n) is 2.77. The van der Waals surface area contributed by atoms with Crippen molar-refractivity contribution in [2.24, 2.45) is 0 Å². The Morgan fingerprint density at radius 3 is 2.38 bits per heavy atom. The highest BCUT2D eigenvalue weighted by molar-refractivity contribution is 7.80. The van der Waals surface area contributed by atoms with E-state index >= 15 is 0 Å². The largest absolute Gasteiger partial charge is 0.489 e. The highest BCUT2D eigenvalue weighted by atomic mass is 35.5. The van der Waals surface area contributed by atoms with Gasteiger partial charge in [0.1, 0.15) is 17.3 Å². The van der Waals surface area contributed by atoms with Gasteiger partial charge in [-0.05, 0) is 55.7 Å².